The Labute approximate surface area is 268 Å². The second-order valence-electron chi connectivity index (χ2n) is 12.5. The van der Waals surface area contributed by atoms with Crippen LogP contribution < -0.4 is 4.90 Å². The Balaban J connectivity index is 1.40. The molecule has 0 saturated carbocycles. The topological polar surface area (TPSA) is 3.24 Å². The Morgan fingerprint density at radius 1 is 0.348 bits per heavy atom. The summed E-state index contributed by atoms with van der Waals surface area (Å²) in [5.74, 6) is 0. The van der Waals surface area contributed by atoms with Gasteiger partial charge in [0.15, 0.2) is 0 Å². The highest BCUT2D eigenvalue weighted by atomic mass is 15.1. The molecule has 0 fully saturated rings. The molecule has 2 aliphatic carbocycles. The van der Waals surface area contributed by atoms with Crippen LogP contribution in [0.2, 0.25) is 0 Å². The summed E-state index contributed by atoms with van der Waals surface area (Å²) in [6.45, 7) is 0. The summed E-state index contributed by atoms with van der Waals surface area (Å²) in [6, 6.07) is 65.0. The van der Waals surface area contributed by atoms with E-state index >= 15 is 0 Å². The average Bonchev–Trinajstić information content (AvgIpc) is 3.59. The molecule has 10 rings (SSSR count). The maximum atomic E-state index is 2.52. The molecule has 2 aliphatic rings. The van der Waals surface area contributed by atoms with E-state index in [0.29, 0.717) is 0 Å². The Morgan fingerprint density at radius 2 is 0.913 bits per heavy atom. The lowest BCUT2D eigenvalue weighted by atomic mass is 9.69. The van der Waals surface area contributed by atoms with Crippen molar-refractivity contribution in [3.63, 3.8) is 0 Å². The molecule has 8 aromatic carbocycles. The number of benzene rings is 8. The smallest absolute Gasteiger partial charge is 0.0746 e. The van der Waals surface area contributed by atoms with E-state index in [0.717, 1.165) is 11.4 Å². The molecule has 0 aliphatic heterocycles. The zero-order valence-corrected chi connectivity index (χ0v) is 25.2. The first-order valence-corrected chi connectivity index (χ1v) is 16.0. The van der Waals surface area contributed by atoms with E-state index in [4.69, 9.17) is 0 Å². The molecule has 1 spiro atoms. The van der Waals surface area contributed by atoms with E-state index in [9.17, 15) is 0 Å². The quantitative estimate of drug-likeness (QED) is 0.187. The molecule has 1 nitrogen and oxygen atoms in total. The molecule has 8 aromatic rings. The zero-order valence-electron chi connectivity index (χ0n) is 25.2. The molecular weight excluding hydrogens is 555 g/mol. The Kier molecular flexibility index (Phi) is 5.27. The van der Waals surface area contributed by atoms with E-state index in [1.165, 1.54) is 71.7 Å². The Bertz CT molecular complexity index is 2390. The van der Waals surface area contributed by atoms with Gasteiger partial charge < -0.3 is 4.90 Å². The van der Waals surface area contributed by atoms with Crippen molar-refractivity contribution in [3.8, 4) is 22.3 Å². The molecule has 46 heavy (non-hydrogen) atoms. The maximum absolute atomic E-state index is 2.52. The molecular formula is C45H29N. The highest BCUT2D eigenvalue weighted by Gasteiger charge is 2.53. The molecule has 0 bridgehead atoms. The monoisotopic (exact) mass is 583 g/mol. The molecule has 0 amide bonds. The minimum atomic E-state index is -0.485. The largest absolute Gasteiger partial charge is 0.310 e. The van der Waals surface area contributed by atoms with Gasteiger partial charge in [-0.3, -0.25) is 0 Å². The second kappa shape index (κ2) is 9.54. The Hall–Kier alpha value is -5.92. The predicted octanol–water partition coefficient (Wildman–Crippen LogP) is 11.8. The minimum absolute atomic E-state index is 0.485. The fourth-order valence-electron chi connectivity index (χ4n) is 8.44. The van der Waals surface area contributed by atoms with Crippen LogP contribution in [0.3, 0.4) is 0 Å². The lowest BCUT2D eigenvalue weighted by molar-refractivity contribution is 0.794. The van der Waals surface area contributed by atoms with Crippen LogP contribution in [0.5, 0.6) is 0 Å². The van der Waals surface area contributed by atoms with Gasteiger partial charge >= 0.3 is 0 Å². The molecule has 0 aromatic heterocycles. The van der Waals surface area contributed by atoms with Crippen LogP contribution in [0.1, 0.15) is 22.3 Å². The molecule has 0 N–H and O–H groups in total. The van der Waals surface area contributed by atoms with Gasteiger partial charge in [-0.15, -0.1) is 0 Å². The lowest BCUT2D eigenvalue weighted by Crippen LogP contribution is -2.28. The van der Waals surface area contributed by atoms with E-state index < -0.39 is 5.41 Å². The van der Waals surface area contributed by atoms with E-state index in [1.807, 2.05) is 0 Å². The molecule has 0 atom stereocenters. The normalized spacial score (nSPS) is 13.4. The van der Waals surface area contributed by atoms with Crippen molar-refractivity contribution in [1.29, 1.82) is 0 Å². The third-order valence-electron chi connectivity index (χ3n) is 10.2. The van der Waals surface area contributed by atoms with E-state index in [2.05, 4.69) is 181 Å². The van der Waals surface area contributed by atoms with Crippen LogP contribution in [0.4, 0.5) is 17.1 Å². The summed E-state index contributed by atoms with van der Waals surface area (Å²) in [6.07, 6.45) is 0. The second-order valence-corrected chi connectivity index (χ2v) is 12.5. The number of hydrogen-bond acceptors (Lipinski definition) is 1. The highest BCUT2D eigenvalue weighted by molar-refractivity contribution is 6.11. The first kappa shape index (κ1) is 25.4. The minimum Gasteiger partial charge on any atom is -0.310 e. The summed E-state index contributed by atoms with van der Waals surface area (Å²) in [4.78, 5) is 2.45. The van der Waals surface area contributed by atoms with Crippen molar-refractivity contribution in [2.24, 2.45) is 0 Å². The predicted molar refractivity (Wildman–Crippen MR) is 192 cm³/mol. The number of hydrogen-bond donors (Lipinski definition) is 0. The maximum Gasteiger partial charge on any atom is 0.0746 e. The van der Waals surface area contributed by atoms with Gasteiger partial charge in [0.2, 0.25) is 0 Å². The number of anilines is 3. The summed E-state index contributed by atoms with van der Waals surface area (Å²) in [5.41, 5.74) is 13.6. The summed E-state index contributed by atoms with van der Waals surface area (Å²) >= 11 is 0. The molecule has 0 unspecified atom stereocenters. The van der Waals surface area contributed by atoms with Crippen molar-refractivity contribution in [3.05, 3.63) is 198 Å². The standard InChI is InChI=1S/C45H29N/c1-3-15-32(16-4-1)46(33-17-5-2-6-18-33)43-25-13-22-37-39-28-31-27-26-30-14-7-8-19-34(30)38(31)29-42(39)45(44(37)43)40-23-11-9-20-35(40)36-21-10-12-24-41(36)45/h1-29H. The molecule has 0 heterocycles. The third-order valence-corrected chi connectivity index (χ3v) is 10.2. The molecule has 214 valence electrons. The fourth-order valence-corrected chi connectivity index (χ4v) is 8.44. The van der Waals surface area contributed by atoms with Crippen molar-refractivity contribution in [2.45, 2.75) is 5.41 Å². The molecule has 0 saturated heterocycles. The van der Waals surface area contributed by atoms with Crippen LogP contribution in [-0.4, -0.2) is 0 Å². The van der Waals surface area contributed by atoms with Crippen molar-refractivity contribution < 1.29 is 0 Å². The highest BCUT2D eigenvalue weighted by Crippen LogP contribution is 2.65. The van der Waals surface area contributed by atoms with Crippen LogP contribution >= 0.6 is 0 Å². The summed E-state index contributed by atoms with van der Waals surface area (Å²) in [5, 5.41) is 5.14. The van der Waals surface area contributed by atoms with Crippen LogP contribution in [0, 0.1) is 0 Å². The van der Waals surface area contributed by atoms with Crippen LogP contribution in [0.25, 0.3) is 43.8 Å². The van der Waals surface area contributed by atoms with Crippen molar-refractivity contribution in [2.75, 3.05) is 4.90 Å². The van der Waals surface area contributed by atoms with Gasteiger partial charge in [0.25, 0.3) is 0 Å². The van der Waals surface area contributed by atoms with Gasteiger partial charge in [0.1, 0.15) is 0 Å². The van der Waals surface area contributed by atoms with Gasteiger partial charge in [0, 0.05) is 16.9 Å². The van der Waals surface area contributed by atoms with Gasteiger partial charge in [-0.2, -0.15) is 0 Å². The average molecular weight is 584 g/mol. The van der Waals surface area contributed by atoms with Gasteiger partial charge in [-0.1, -0.05) is 133 Å². The van der Waals surface area contributed by atoms with Gasteiger partial charge in [-0.05, 0) is 103 Å². The number of rotatable bonds is 3. The first-order chi connectivity index (χ1) is 22.8. The van der Waals surface area contributed by atoms with Crippen LogP contribution in [-0.2, 0) is 5.41 Å². The van der Waals surface area contributed by atoms with E-state index in [1.54, 1.807) is 0 Å². The Morgan fingerprint density at radius 3 is 1.61 bits per heavy atom. The van der Waals surface area contributed by atoms with Crippen LogP contribution in [0.15, 0.2) is 176 Å². The molecule has 0 radical (unpaired) electrons. The summed E-state index contributed by atoms with van der Waals surface area (Å²) < 4.78 is 0. The number of fused-ring (bicyclic) bond motifs is 13. The SMILES string of the molecule is c1ccc(N(c2ccccc2)c2cccc3c2C2(c4ccccc4-c4ccccc42)c2cc4c(ccc5ccccc54)cc2-3)cc1. The fraction of sp³-hybridized carbons (Fsp3) is 0.0222. The number of nitrogens with zero attached hydrogens (tertiary/aromatic N) is 1. The molecule has 1 heteroatoms. The van der Waals surface area contributed by atoms with E-state index in [-0.39, 0.29) is 0 Å². The van der Waals surface area contributed by atoms with Gasteiger partial charge in [-0.25, -0.2) is 0 Å². The van der Waals surface area contributed by atoms with Crippen molar-refractivity contribution >= 4 is 38.6 Å². The summed E-state index contributed by atoms with van der Waals surface area (Å²) in [7, 11) is 0. The lowest BCUT2D eigenvalue weighted by Gasteiger charge is -2.36. The van der Waals surface area contributed by atoms with Gasteiger partial charge in [0.05, 0.1) is 11.1 Å². The van der Waals surface area contributed by atoms with Crippen molar-refractivity contribution in [1.82, 2.24) is 0 Å². The zero-order chi connectivity index (χ0) is 30.2. The first-order valence-electron chi connectivity index (χ1n) is 16.0. The number of para-hydroxylation sites is 2. The third kappa shape index (κ3) is 3.29.